The highest BCUT2D eigenvalue weighted by Crippen LogP contribution is 2.40. The third-order valence-corrected chi connectivity index (χ3v) is 6.87. The standard InChI is InChI=1S/C27H26N4O7/c1-3-21(32)28-11-22(33)29-12-23(34)38-27(4-2)18-10-20-24-16(9-15-7-5-6-8-19(15)30-24)13-31(20)25(35)17(18)14-37-26(27)36/h5-10H,3-4,11-14H2,1-2H3,(H,28,32)(H,29,33)/t27-/m0/s1. The van der Waals surface area contributed by atoms with Gasteiger partial charge in [-0.25, -0.2) is 9.78 Å². The van der Waals surface area contributed by atoms with Gasteiger partial charge in [0.2, 0.25) is 17.4 Å². The molecule has 4 heterocycles. The minimum Gasteiger partial charge on any atom is -0.457 e. The Bertz CT molecular complexity index is 1560. The SMILES string of the molecule is CCC(=O)NCC(=O)NCC(=O)O[C@]1(CC)C(=O)OCc2c1cc1n(c2=O)Cc2cc3ccccc3nc2-1. The molecular weight excluding hydrogens is 492 g/mol. The van der Waals surface area contributed by atoms with E-state index in [-0.39, 0.29) is 48.6 Å². The molecule has 11 nitrogen and oxygen atoms in total. The van der Waals surface area contributed by atoms with Crippen LogP contribution < -0.4 is 16.2 Å². The first kappa shape index (κ1) is 25.1. The summed E-state index contributed by atoms with van der Waals surface area (Å²) in [4.78, 5) is 67.5. The van der Waals surface area contributed by atoms with Crippen LogP contribution >= 0.6 is 0 Å². The number of carbonyl (C=O) groups is 4. The first-order chi connectivity index (χ1) is 18.3. The Balaban J connectivity index is 1.47. The molecule has 0 saturated heterocycles. The second-order valence-corrected chi connectivity index (χ2v) is 9.14. The zero-order valence-electron chi connectivity index (χ0n) is 21.0. The lowest BCUT2D eigenvalue weighted by molar-refractivity contribution is -0.189. The minimum atomic E-state index is -1.86. The van der Waals surface area contributed by atoms with Crippen molar-refractivity contribution in [2.45, 2.75) is 45.4 Å². The Morgan fingerprint density at radius 3 is 2.61 bits per heavy atom. The molecule has 0 saturated carbocycles. The highest BCUT2D eigenvalue weighted by molar-refractivity contribution is 5.90. The van der Waals surface area contributed by atoms with Crippen molar-refractivity contribution in [3.63, 3.8) is 0 Å². The van der Waals surface area contributed by atoms with E-state index >= 15 is 0 Å². The van der Waals surface area contributed by atoms with Gasteiger partial charge in [-0.05, 0) is 24.6 Å². The van der Waals surface area contributed by atoms with Crippen molar-refractivity contribution < 1.29 is 28.7 Å². The maximum Gasteiger partial charge on any atom is 0.355 e. The molecule has 2 aliphatic heterocycles. The monoisotopic (exact) mass is 518 g/mol. The highest BCUT2D eigenvalue weighted by Gasteiger charge is 2.50. The predicted molar refractivity (Wildman–Crippen MR) is 135 cm³/mol. The summed E-state index contributed by atoms with van der Waals surface area (Å²) < 4.78 is 12.6. The molecule has 1 atom stereocenters. The molecule has 2 aromatic heterocycles. The van der Waals surface area contributed by atoms with Crippen LogP contribution in [0, 0.1) is 0 Å². The van der Waals surface area contributed by atoms with E-state index in [9.17, 15) is 24.0 Å². The molecule has 2 amide bonds. The third-order valence-electron chi connectivity index (χ3n) is 6.87. The fourth-order valence-corrected chi connectivity index (χ4v) is 4.85. The summed E-state index contributed by atoms with van der Waals surface area (Å²) in [6, 6.07) is 11.3. The van der Waals surface area contributed by atoms with Crippen molar-refractivity contribution in [1.29, 1.82) is 0 Å². The largest absolute Gasteiger partial charge is 0.457 e. The van der Waals surface area contributed by atoms with E-state index in [0.717, 1.165) is 16.5 Å². The number of hydrogen-bond acceptors (Lipinski definition) is 8. The Hall–Kier alpha value is -4.54. The molecular formula is C27H26N4O7. The molecule has 5 rings (SSSR count). The number of fused-ring (bicyclic) bond motifs is 5. The van der Waals surface area contributed by atoms with E-state index in [2.05, 4.69) is 10.6 Å². The number of rotatable bonds is 7. The van der Waals surface area contributed by atoms with Crippen LogP contribution in [0.25, 0.3) is 22.3 Å². The van der Waals surface area contributed by atoms with Gasteiger partial charge in [-0.2, -0.15) is 0 Å². The second-order valence-electron chi connectivity index (χ2n) is 9.14. The van der Waals surface area contributed by atoms with Crippen molar-refractivity contribution >= 4 is 34.7 Å². The number of cyclic esters (lactones) is 1. The summed E-state index contributed by atoms with van der Waals surface area (Å²) in [7, 11) is 0. The van der Waals surface area contributed by atoms with Crippen LogP contribution in [0.3, 0.4) is 0 Å². The summed E-state index contributed by atoms with van der Waals surface area (Å²) in [5.74, 6) is -2.59. The van der Waals surface area contributed by atoms with Gasteiger partial charge < -0.3 is 24.7 Å². The fourth-order valence-electron chi connectivity index (χ4n) is 4.85. The molecule has 3 aromatic rings. The summed E-state index contributed by atoms with van der Waals surface area (Å²) in [6.45, 7) is 2.54. The van der Waals surface area contributed by atoms with Crippen LogP contribution in [0.4, 0.5) is 0 Å². The number of hydrogen-bond donors (Lipinski definition) is 2. The zero-order chi connectivity index (χ0) is 27.0. The van der Waals surface area contributed by atoms with E-state index in [1.165, 1.54) is 0 Å². The van der Waals surface area contributed by atoms with Gasteiger partial charge in [0, 0.05) is 22.9 Å². The van der Waals surface area contributed by atoms with Crippen molar-refractivity contribution in [3.05, 3.63) is 63.4 Å². The quantitative estimate of drug-likeness (QED) is 0.348. The molecule has 11 heteroatoms. The van der Waals surface area contributed by atoms with Gasteiger partial charge in [0.1, 0.15) is 13.2 Å². The second kappa shape index (κ2) is 9.73. The van der Waals surface area contributed by atoms with Gasteiger partial charge >= 0.3 is 11.9 Å². The number of para-hydroxylation sites is 1. The minimum absolute atomic E-state index is 0.00593. The molecule has 2 aliphatic rings. The predicted octanol–water partition coefficient (Wildman–Crippen LogP) is 1.27. The van der Waals surface area contributed by atoms with Gasteiger partial charge in [-0.1, -0.05) is 32.0 Å². The number of ether oxygens (including phenoxy) is 2. The van der Waals surface area contributed by atoms with Gasteiger partial charge in [-0.15, -0.1) is 0 Å². The van der Waals surface area contributed by atoms with Crippen LogP contribution in [0.15, 0.2) is 41.2 Å². The Labute approximate surface area is 217 Å². The van der Waals surface area contributed by atoms with Crippen molar-refractivity contribution in [1.82, 2.24) is 20.2 Å². The lowest BCUT2D eigenvalue weighted by Gasteiger charge is -2.35. The molecule has 0 aliphatic carbocycles. The van der Waals surface area contributed by atoms with Gasteiger partial charge in [0.15, 0.2) is 0 Å². The number of esters is 2. The van der Waals surface area contributed by atoms with Crippen molar-refractivity contribution in [2.24, 2.45) is 0 Å². The van der Waals surface area contributed by atoms with E-state index in [0.29, 0.717) is 17.9 Å². The molecule has 0 radical (unpaired) electrons. The van der Waals surface area contributed by atoms with Crippen LogP contribution in [0.5, 0.6) is 0 Å². The van der Waals surface area contributed by atoms with Crippen LogP contribution in [0.1, 0.15) is 43.4 Å². The zero-order valence-corrected chi connectivity index (χ0v) is 21.0. The number of nitrogens with one attached hydrogen (secondary N) is 2. The summed E-state index contributed by atoms with van der Waals surface area (Å²) >= 11 is 0. The molecule has 0 spiro atoms. The first-order valence-electron chi connectivity index (χ1n) is 12.4. The summed E-state index contributed by atoms with van der Waals surface area (Å²) in [5.41, 5.74) is 1.06. The number of carbonyl (C=O) groups excluding carboxylic acids is 4. The van der Waals surface area contributed by atoms with E-state index < -0.39 is 30.0 Å². The Kier molecular flexibility index (Phi) is 6.43. The van der Waals surface area contributed by atoms with E-state index in [4.69, 9.17) is 14.5 Å². The number of nitrogens with zero attached hydrogens (tertiary/aromatic N) is 2. The molecule has 0 bridgehead atoms. The maximum absolute atomic E-state index is 13.5. The lowest BCUT2D eigenvalue weighted by atomic mass is 9.85. The van der Waals surface area contributed by atoms with Gasteiger partial charge in [-0.3, -0.25) is 19.2 Å². The fraction of sp³-hybridized carbons (Fsp3) is 0.333. The summed E-state index contributed by atoms with van der Waals surface area (Å²) in [6.07, 6.45) is 0.224. The lowest BCUT2D eigenvalue weighted by Crippen LogP contribution is -2.49. The van der Waals surface area contributed by atoms with Crippen LogP contribution in [0.2, 0.25) is 0 Å². The number of aromatic nitrogens is 2. The van der Waals surface area contributed by atoms with E-state index in [1.807, 2.05) is 30.3 Å². The first-order valence-corrected chi connectivity index (χ1v) is 12.4. The third kappa shape index (κ3) is 4.19. The average molecular weight is 519 g/mol. The van der Waals surface area contributed by atoms with Crippen LogP contribution in [-0.4, -0.2) is 46.4 Å². The molecule has 196 valence electrons. The summed E-state index contributed by atoms with van der Waals surface area (Å²) in [5, 5.41) is 5.71. The normalized spacial score (nSPS) is 17.2. The van der Waals surface area contributed by atoms with Crippen molar-refractivity contribution in [3.8, 4) is 11.4 Å². The molecule has 38 heavy (non-hydrogen) atoms. The van der Waals surface area contributed by atoms with Gasteiger partial charge in [0.25, 0.3) is 5.56 Å². The number of pyridine rings is 2. The number of benzene rings is 1. The molecule has 1 aromatic carbocycles. The molecule has 2 N–H and O–H groups in total. The number of amides is 2. The Morgan fingerprint density at radius 1 is 1.08 bits per heavy atom. The highest BCUT2D eigenvalue weighted by atomic mass is 16.6. The maximum atomic E-state index is 13.5. The van der Waals surface area contributed by atoms with Gasteiger partial charge in [0.05, 0.1) is 35.6 Å². The molecule has 0 fully saturated rings. The van der Waals surface area contributed by atoms with Crippen molar-refractivity contribution in [2.75, 3.05) is 13.1 Å². The van der Waals surface area contributed by atoms with E-state index in [1.54, 1.807) is 24.5 Å². The topological polar surface area (TPSA) is 146 Å². The Morgan fingerprint density at radius 2 is 1.84 bits per heavy atom. The smallest absolute Gasteiger partial charge is 0.355 e. The molecule has 0 unspecified atom stereocenters. The average Bonchev–Trinajstić information content (AvgIpc) is 3.28. The van der Waals surface area contributed by atoms with Crippen LogP contribution in [-0.2, 0) is 47.4 Å².